The van der Waals surface area contributed by atoms with Gasteiger partial charge in [-0.25, -0.2) is 9.97 Å². The lowest BCUT2D eigenvalue weighted by molar-refractivity contribution is 1.29. The third-order valence-corrected chi connectivity index (χ3v) is 8.43. The lowest BCUT2D eigenvalue weighted by Crippen LogP contribution is -1.95. The fourth-order valence-corrected chi connectivity index (χ4v) is 5.92. The number of pyridine rings is 1. The summed E-state index contributed by atoms with van der Waals surface area (Å²) in [5.74, 6) is 0. The van der Waals surface area contributed by atoms with Gasteiger partial charge < -0.3 is 0 Å². The Bertz CT molecular complexity index is 2080. The van der Waals surface area contributed by atoms with Crippen LogP contribution in [0.5, 0.6) is 0 Å². The van der Waals surface area contributed by atoms with Gasteiger partial charge in [-0.3, -0.25) is 4.98 Å². The first-order chi connectivity index (χ1) is 22.8. The molecule has 0 saturated heterocycles. The van der Waals surface area contributed by atoms with E-state index in [9.17, 15) is 0 Å². The molecule has 0 aliphatic carbocycles. The zero-order valence-corrected chi connectivity index (χ0v) is 25.1. The zero-order valence-electron chi connectivity index (χ0n) is 25.1. The van der Waals surface area contributed by atoms with Crippen molar-refractivity contribution in [3.05, 3.63) is 176 Å². The molecule has 0 amide bonds. The largest absolute Gasteiger partial charge is 0.264 e. The molecule has 0 atom stereocenters. The maximum Gasteiger partial charge on any atom is 0.0973 e. The van der Waals surface area contributed by atoms with Gasteiger partial charge in [-0.15, -0.1) is 0 Å². The van der Waals surface area contributed by atoms with Crippen molar-refractivity contribution in [1.29, 1.82) is 0 Å². The molecule has 46 heavy (non-hydrogen) atoms. The minimum Gasteiger partial charge on any atom is -0.264 e. The fourth-order valence-electron chi connectivity index (χ4n) is 5.92. The molecule has 0 bridgehead atoms. The molecule has 3 nitrogen and oxygen atoms in total. The number of benzene rings is 6. The van der Waals surface area contributed by atoms with Gasteiger partial charge >= 0.3 is 0 Å². The van der Waals surface area contributed by atoms with Crippen LogP contribution in [0, 0.1) is 0 Å². The Hall–Kier alpha value is -6.19. The van der Waals surface area contributed by atoms with Crippen LogP contribution in [0.4, 0.5) is 0 Å². The average molecular weight is 588 g/mol. The summed E-state index contributed by atoms with van der Waals surface area (Å²) in [6.07, 6.45) is 3.69. The van der Waals surface area contributed by atoms with Crippen molar-refractivity contribution in [2.75, 3.05) is 0 Å². The van der Waals surface area contributed by atoms with Crippen LogP contribution >= 0.6 is 0 Å². The topological polar surface area (TPSA) is 38.7 Å². The van der Waals surface area contributed by atoms with Gasteiger partial charge in [0.05, 0.1) is 22.4 Å². The fraction of sp³-hybridized carbons (Fsp3) is 0. The first-order valence-corrected chi connectivity index (χ1v) is 15.4. The lowest BCUT2D eigenvalue weighted by Gasteiger charge is -2.12. The van der Waals surface area contributed by atoms with Gasteiger partial charge in [-0.1, -0.05) is 146 Å². The number of aromatic nitrogens is 3. The quantitative estimate of drug-likeness (QED) is 0.194. The molecule has 0 spiro atoms. The van der Waals surface area contributed by atoms with Crippen LogP contribution in [0.2, 0.25) is 0 Å². The van der Waals surface area contributed by atoms with Crippen LogP contribution in [0.3, 0.4) is 0 Å². The summed E-state index contributed by atoms with van der Waals surface area (Å²) in [7, 11) is 0. The van der Waals surface area contributed by atoms with Crippen molar-refractivity contribution in [3.63, 3.8) is 0 Å². The Kier molecular flexibility index (Phi) is 7.18. The van der Waals surface area contributed by atoms with Crippen molar-refractivity contribution < 1.29 is 0 Å². The SMILES string of the molecule is c1ccc(-c2ccc(-c3ccc(-c4nc5ccccc5nc4-c4ccc(-c5ccc(-c6cccnc6)cc5)cc4)cc3)cc2)cc1. The Balaban J connectivity index is 1.11. The summed E-state index contributed by atoms with van der Waals surface area (Å²) in [6, 6.07) is 57.2. The highest BCUT2D eigenvalue weighted by atomic mass is 14.8. The summed E-state index contributed by atoms with van der Waals surface area (Å²) in [5, 5.41) is 0. The van der Waals surface area contributed by atoms with Crippen molar-refractivity contribution in [2.24, 2.45) is 0 Å². The van der Waals surface area contributed by atoms with E-state index >= 15 is 0 Å². The highest BCUT2D eigenvalue weighted by molar-refractivity contribution is 5.87. The van der Waals surface area contributed by atoms with E-state index in [1.165, 1.54) is 16.7 Å². The summed E-state index contributed by atoms with van der Waals surface area (Å²) < 4.78 is 0. The molecule has 0 aliphatic rings. The molecule has 0 N–H and O–H groups in total. The molecule has 0 radical (unpaired) electrons. The molecule has 0 unspecified atom stereocenters. The van der Waals surface area contributed by atoms with Crippen LogP contribution in [-0.4, -0.2) is 15.0 Å². The predicted octanol–water partition coefficient (Wildman–Crippen LogP) is 11.0. The van der Waals surface area contributed by atoms with Crippen molar-refractivity contribution >= 4 is 11.0 Å². The second-order valence-electron chi connectivity index (χ2n) is 11.3. The minimum absolute atomic E-state index is 0.872. The molecule has 216 valence electrons. The monoisotopic (exact) mass is 587 g/mol. The minimum atomic E-state index is 0.872. The Labute approximate surface area is 268 Å². The highest BCUT2D eigenvalue weighted by Crippen LogP contribution is 2.34. The normalized spacial score (nSPS) is 11.0. The van der Waals surface area contributed by atoms with E-state index in [1.54, 1.807) is 6.20 Å². The number of rotatable bonds is 6. The highest BCUT2D eigenvalue weighted by Gasteiger charge is 2.14. The molecule has 0 saturated carbocycles. The van der Waals surface area contributed by atoms with E-state index in [0.717, 1.165) is 61.4 Å². The second-order valence-corrected chi connectivity index (χ2v) is 11.3. The lowest BCUT2D eigenvalue weighted by atomic mass is 9.97. The number of hydrogen-bond donors (Lipinski definition) is 0. The predicted molar refractivity (Wildman–Crippen MR) is 190 cm³/mol. The third-order valence-electron chi connectivity index (χ3n) is 8.43. The van der Waals surface area contributed by atoms with E-state index in [4.69, 9.17) is 9.97 Å². The van der Waals surface area contributed by atoms with Gasteiger partial charge in [-0.05, 0) is 62.7 Å². The molecule has 6 aromatic carbocycles. The molecule has 8 rings (SSSR count). The standard InChI is InChI=1S/C43H29N3/c1-2-7-30(8-3-1)31-12-14-32(15-13-31)34-20-24-37(25-21-34)42-43(46-41-11-5-4-10-40(41)45-42)38-26-22-35(23-27-38)33-16-18-36(19-17-33)39-9-6-28-44-29-39/h1-29H. The maximum absolute atomic E-state index is 5.12. The maximum atomic E-state index is 5.12. The molecule has 8 aromatic rings. The molecule has 2 heterocycles. The molecule has 0 aliphatic heterocycles. The van der Waals surface area contributed by atoms with Gasteiger partial charge in [0.15, 0.2) is 0 Å². The van der Waals surface area contributed by atoms with Gasteiger partial charge in [0, 0.05) is 23.5 Å². The van der Waals surface area contributed by atoms with Gasteiger partial charge in [0.25, 0.3) is 0 Å². The second kappa shape index (κ2) is 12.1. The van der Waals surface area contributed by atoms with Gasteiger partial charge in [0.1, 0.15) is 0 Å². The van der Waals surface area contributed by atoms with Crippen LogP contribution in [-0.2, 0) is 0 Å². The molecular formula is C43H29N3. The number of fused-ring (bicyclic) bond motifs is 1. The van der Waals surface area contributed by atoms with Gasteiger partial charge in [-0.2, -0.15) is 0 Å². The molecule has 3 heteroatoms. The first kappa shape index (κ1) is 27.4. The van der Waals surface area contributed by atoms with E-state index in [1.807, 2.05) is 42.6 Å². The van der Waals surface area contributed by atoms with Crippen LogP contribution < -0.4 is 0 Å². The zero-order chi connectivity index (χ0) is 30.7. The number of hydrogen-bond acceptors (Lipinski definition) is 3. The molecule has 0 fully saturated rings. The summed E-state index contributed by atoms with van der Waals surface area (Å²) >= 11 is 0. The number of nitrogens with zero attached hydrogens (tertiary/aromatic N) is 3. The molecular weight excluding hydrogens is 558 g/mol. The molecule has 2 aromatic heterocycles. The number of para-hydroxylation sites is 2. The van der Waals surface area contributed by atoms with Crippen molar-refractivity contribution in [2.45, 2.75) is 0 Å². The Morgan fingerprint density at radius 2 is 0.587 bits per heavy atom. The average Bonchev–Trinajstić information content (AvgIpc) is 3.15. The van der Waals surface area contributed by atoms with Crippen LogP contribution in [0.15, 0.2) is 176 Å². The summed E-state index contributed by atoms with van der Waals surface area (Å²) in [4.78, 5) is 14.5. The van der Waals surface area contributed by atoms with E-state index in [0.29, 0.717) is 0 Å². The van der Waals surface area contributed by atoms with Crippen molar-refractivity contribution in [3.8, 4) is 67.0 Å². The van der Waals surface area contributed by atoms with Gasteiger partial charge in [0.2, 0.25) is 0 Å². The first-order valence-electron chi connectivity index (χ1n) is 15.4. The third kappa shape index (κ3) is 5.47. The summed E-state index contributed by atoms with van der Waals surface area (Å²) in [5.41, 5.74) is 14.9. The van der Waals surface area contributed by atoms with Crippen LogP contribution in [0.25, 0.3) is 78.1 Å². The Morgan fingerprint density at radius 3 is 0.978 bits per heavy atom. The van der Waals surface area contributed by atoms with Crippen molar-refractivity contribution in [1.82, 2.24) is 15.0 Å². The van der Waals surface area contributed by atoms with Crippen LogP contribution in [0.1, 0.15) is 0 Å². The van der Waals surface area contributed by atoms with E-state index in [2.05, 4.69) is 132 Å². The summed E-state index contributed by atoms with van der Waals surface area (Å²) in [6.45, 7) is 0. The smallest absolute Gasteiger partial charge is 0.0973 e. The van der Waals surface area contributed by atoms with E-state index in [-0.39, 0.29) is 0 Å². The van der Waals surface area contributed by atoms with E-state index < -0.39 is 0 Å². The Morgan fingerprint density at radius 1 is 0.261 bits per heavy atom.